The van der Waals surface area contributed by atoms with Crippen molar-refractivity contribution in [3.63, 3.8) is 0 Å². The lowest BCUT2D eigenvalue weighted by molar-refractivity contribution is -0.165. The Morgan fingerprint density at radius 1 is 1.12 bits per heavy atom. The third kappa shape index (κ3) is 5.63. The summed E-state index contributed by atoms with van der Waals surface area (Å²) in [6, 6.07) is 9.48. The van der Waals surface area contributed by atoms with Crippen molar-refractivity contribution in [2.75, 3.05) is 6.61 Å². The Balaban J connectivity index is 1.35. The lowest BCUT2D eigenvalue weighted by Gasteiger charge is -2.40. The number of nitrogens with zero attached hydrogens (tertiary/aromatic N) is 2. The molecule has 0 radical (unpaired) electrons. The maximum Gasteiger partial charge on any atom is 0.433 e. The number of quaternary nitrogens is 1. The predicted octanol–water partition coefficient (Wildman–Crippen LogP) is 7.29. The Kier molecular flexibility index (Phi) is 8.77. The van der Waals surface area contributed by atoms with Crippen LogP contribution in [0.15, 0.2) is 34.1 Å². The molecule has 0 bridgehead atoms. The van der Waals surface area contributed by atoms with Crippen molar-refractivity contribution in [1.82, 2.24) is 9.38 Å². The Morgan fingerprint density at radius 3 is 2.33 bits per heavy atom. The summed E-state index contributed by atoms with van der Waals surface area (Å²) in [4.78, 5) is 43.1. The topological polar surface area (TPSA) is 93.1 Å². The van der Waals surface area contributed by atoms with Crippen molar-refractivity contribution in [3.05, 3.63) is 50.8 Å². The van der Waals surface area contributed by atoms with E-state index in [0.29, 0.717) is 11.5 Å². The summed E-state index contributed by atoms with van der Waals surface area (Å²) in [5, 5.41) is 10.7. The highest BCUT2D eigenvalue weighted by atomic mass is 79.9. The lowest BCUT2D eigenvalue weighted by Crippen LogP contribution is -2.65. The van der Waals surface area contributed by atoms with E-state index in [1.54, 1.807) is 34.6 Å². The van der Waals surface area contributed by atoms with Gasteiger partial charge in [0.05, 0.1) is 16.5 Å². The fraction of sp³-hybridized carbons (Fsp3) is 0.606. The fourth-order valence-electron chi connectivity index (χ4n) is 6.98. The van der Waals surface area contributed by atoms with Gasteiger partial charge in [0.1, 0.15) is 22.8 Å². The van der Waals surface area contributed by atoms with Gasteiger partial charge in [0.15, 0.2) is 12.1 Å². The Labute approximate surface area is 267 Å². The molecular weight excluding hydrogens is 632 g/mol. The number of aliphatic hydroxyl groups excluding tert-OH is 1. The zero-order chi connectivity index (χ0) is 31.5. The van der Waals surface area contributed by atoms with Crippen LogP contribution in [0.4, 0.5) is 9.80 Å². The zero-order valence-electron chi connectivity index (χ0n) is 26.2. The van der Waals surface area contributed by atoms with Gasteiger partial charge in [0, 0.05) is 6.42 Å². The minimum atomic E-state index is -1.48. The molecule has 3 aliphatic rings. The first-order valence-electron chi connectivity index (χ1n) is 15.3. The number of halogens is 1. The summed E-state index contributed by atoms with van der Waals surface area (Å²) in [5.74, 6) is -0.623. The van der Waals surface area contributed by atoms with Crippen LogP contribution in [-0.2, 0) is 14.3 Å². The molecule has 1 saturated carbocycles. The molecule has 10 heteroatoms. The minimum absolute atomic E-state index is 0.0122. The second kappa shape index (κ2) is 11.7. The molecule has 1 saturated heterocycles. The van der Waals surface area contributed by atoms with Gasteiger partial charge in [-0.15, -0.1) is 0 Å². The highest BCUT2D eigenvalue weighted by Crippen LogP contribution is 2.59. The van der Waals surface area contributed by atoms with Crippen LogP contribution in [0.3, 0.4) is 0 Å². The van der Waals surface area contributed by atoms with E-state index in [-0.39, 0.29) is 41.4 Å². The van der Waals surface area contributed by atoms with E-state index in [1.807, 2.05) is 37.3 Å². The van der Waals surface area contributed by atoms with Crippen molar-refractivity contribution in [3.8, 4) is 0 Å². The number of hydrogen-bond donors (Lipinski definition) is 1. The van der Waals surface area contributed by atoms with Gasteiger partial charge in [-0.25, -0.2) is 14.5 Å². The molecule has 3 heterocycles. The summed E-state index contributed by atoms with van der Waals surface area (Å²) >= 11 is 5.10. The smallest absolute Gasteiger partial charge is 0.433 e. The first kappa shape index (κ1) is 32.3. The number of urea groups is 1. The molecule has 1 N–H and O–H groups in total. The molecule has 2 aliphatic heterocycles. The normalized spacial score (nSPS) is 28.2. The number of carbonyl (C=O) groups excluding carboxylic acids is 3. The molecule has 2 fully saturated rings. The van der Waals surface area contributed by atoms with Gasteiger partial charge in [-0.1, -0.05) is 41.7 Å². The van der Waals surface area contributed by atoms with Crippen LogP contribution >= 0.6 is 27.3 Å². The van der Waals surface area contributed by atoms with Crippen LogP contribution in [0.1, 0.15) is 101 Å². The van der Waals surface area contributed by atoms with Gasteiger partial charge in [0.2, 0.25) is 5.00 Å². The first-order valence-corrected chi connectivity index (χ1v) is 16.9. The van der Waals surface area contributed by atoms with Crippen LogP contribution < -0.4 is 4.48 Å². The number of imide groups is 1. The number of hydrogen-bond acceptors (Lipinski definition) is 7. The summed E-state index contributed by atoms with van der Waals surface area (Å²) in [6.45, 7) is 12.5. The van der Waals surface area contributed by atoms with E-state index in [1.165, 1.54) is 16.2 Å². The third-order valence-corrected chi connectivity index (χ3v) is 11.7. The van der Waals surface area contributed by atoms with Crippen LogP contribution in [-0.4, -0.2) is 63.8 Å². The van der Waals surface area contributed by atoms with Crippen molar-refractivity contribution >= 4 is 50.2 Å². The number of fused-ring (bicyclic) bond motifs is 2. The van der Waals surface area contributed by atoms with Crippen molar-refractivity contribution in [2.45, 2.75) is 116 Å². The van der Waals surface area contributed by atoms with Gasteiger partial charge >= 0.3 is 12.0 Å². The Bertz CT molecular complexity index is 1390. The second-order valence-electron chi connectivity index (χ2n) is 13.8. The molecule has 2 aromatic rings. The Morgan fingerprint density at radius 2 is 1.74 bits per heavy atom. The molecule has 1 aromatic heterocycles. The number of aliphatic hydroxyl groups is 1. The number of carbonyl (C=O) groups is 3. The van der Waals surface area contributed by atoms with Gasteiger partial charge in [-0.3, -0.25) is 4.79 Å². The molecule has 43 heavy (non-hydrogen) atoms. The average Bonchev–Trinajstić information content (AvgIpc) is 3.39. The van der Waals surface area contributed by atoms with Crippen molar-refractivity contribution in [1.29, 1.82) is 0 Å². The molecule has 1 spiro atoms. The molecule has 5 rings (SSSR count). The SMILES string of the molecule is Cc1c(Br)sc2c1C(=O)N(C(C)(C)C(=O)OC(C)(C)C)C(=O)[N+]21C(CC2CCC(O[C@@H](CO)c3ccccc3)CC2)[C@@H]1C. The molecular formula is C33H44BrN2O6S+. The predicted molar refractivity (Wildman–Crippen MR) is 171 cm³/mol. The minimum Gasteiger partial charge on any atom is -0.458 e. The summed E-state index contributed by atoms with van der Waals surface area (Å²) in [6.07, 6.45) is 4.34. The molecule has 4 atom stereocenters. The molecule has 8 nitrogen and oxygen atoms in total. The van der Waals surface area contributed by atoms with E-state index in [0.717, 1.165) is 52.0 Å². The van der Waals surface area contributed by atoms with Crippen LogP contribution in [0.5, 0.6) is 0 Å². The van der Waals surface area contributed by atoms with E-state index in [2.05, 4.69) is 22.9 Å². The highest BCUT2D eigenvalue weighted by Gasteiger charge is 2.77. The van der Waals surface area contributed by atoms with Crippen molar-refractivity contribution in [2.24, 2.45) is 5.92 Å². The lowest BCUT2D eigenvalue weighted by atomic mass is 9.84. The molecule has 1 aliphatic carbocycles. The molecule has 234 valence electrons. The summed E-state index contributed by atoms with van der Waals surface area (Å²) < 4.78 is 12.9. The maximum absolute atomic E-state index is 14.5. The monoisotopic (exact) mass is 675 g/mol. The number of thiophene rings is 1. The average molecular weight is 677 g/mol. The number of benzene rings is 1. The molecule has 1 aromatic carbocycles. The fourth-order valence-corrected chi connectivity index (χ4v) is 8.94. The van der Waals surface area contributed by atoms with Crippen LogP contribution in [0, 0.1) is 12.8 Å². The van der Waals surface area contributed by atoms with E-state index < -0.39 is 23.0 Å². The number of ether oxygens (including phenoxy) is 2. The van der Waals surface area contributed by atoms with Crippen LogP contribution in [0.2, 0.25) is 0 Å². The number of rotatable bonds is 8. The van der Waals surface area contributed by atoms with E-state index in [9.17, 15) is 19.5 Å². The standard InChI is InChI=1S/C33H44BrN2O6S/c1-19-26-28(38)35(33(6,7)30(39)42-32(3,4)5)31(40)36(29(26)43-27(19)34)20(2)24(36)17-21-13-15-23(16-14-21)41-25(18-37)22-11-9-8-10-12-22/h8-12,20-21,23-25,37H,13-18H2,1-7H3/q+1/t20-,21?,23?,24?,25-,36?/m0/s1. The quantitative estimate of drug-likeness (QED) is 0.179. The first-order chi connectivity index (χ1) is 20.1. The van der Waals surface area contributed by atoms with Crippen molar-refractivity contribution < 1.29 is 29.0 Å². The van der Waals surface area contributed by atoms with Gasteiger partial charge in [-0.05, 0) is 107 Å². The van der Waals surface area contributed by atoms with Gasteiger partial charge in [-0.2, -0.15) is 4.48 Å². The third-order valence-electron chi connectivity index (χ3n) is 9.48. The summed E-state index contributed by atoms with van der Waals surface area (Å²) in [5.41, 5.74) is 0.0690. The van der Waals surface area contributed by atoms with E-state index >= 15 is 0 Å². The number of amides is 3. The maximum atomic E-state index is 14.5. The largest absolute Gasteiger partial charge is 0.458 e. The van der Waals surface area contributed by atoms with E-state index in [4.69, 9.17) is 9.47 Å². The Hall–Kier alpha value is -2.11. The highest BCUT2D eigenvalue weighted by molar-refractivity contribution is 9.11. The second-order valence-corrected chi connectivity index (χ2v) is 16.2. The zero-order valence-corrected chi connectivity index (χ0v) is 28.6. The number of esters is 1. The van der Waals surface area contributed by atoms with Gasteiger partial charge < -0.3 is 14.6 Å². The van der Waals surface area contributed by atoms with Gasteiger partial charge in [0.25, 0.3) is 5.91 Å². The summed E-state index contributed by atoms with van der Waals surface area (Å²) in [7, 11) is 0. The molecule has 2 unspecified atom stereocenters. The van der Waals surface area contributed by atoms with Crippen LogP contribution in [0.25, 0.3) is 0 Å². The molecule has 3 amide bonds.